The minimum atomic E-state index is -1.19. The van der Waals surface area contributed by atoms with E-state index in [1.165, 1.54) is 12.1 Å². The number of benzene rings is 1. The predicted octanol–water partition coefficient (Wildman–Crippen LogP) is 2.02. The molecule has 1 rings (SSSR count). The van der Waals surface area contributed by atoms with Crippen LogP contribution in [0.15, 0.2) is 17.1 Å². The maximum absolute atomic E-state index is 12.5. The predicted molar refractivity (Wildman–Crippen MR) is 111 cm³/mol. The highest BCUT2D eigenvalue weighted by molar-refractivity contribution is 6.00. The van der Waals surface area contributed by atoms with Gasteiger partial charge in [0.1, 0.15) is 5.75 Å². The number of guanidine groups is 1. The average molecular weight is 407 g/mol. The van der Waals surface area contributed by atoms with Crippen LogP contribution in [0.2, 0.25) is 0 Å². The zero-order valence-corrected chi connectivity index (χ0v) is 17.1. The standard InChI is InChI=1S/C19H29N5O5/c1-5-11(6-2)18(28)23-14-7-12(22-17(27)10(3)4)13(24-19(20)21)8-15(14)29-9-16(25)26/h7-8,10-11H,5-6,9H2,1-4H3,(H,22,27)(H,23,28)(H,25,26)(H4,20,21,24). The van der Waals surface area contributed by atoms with Gasteiger partial charge in [-0.1, -0.05) is 27.7 Å². The summed E-state index contributed by atoms with van der Waals surface area (Å²) in [5, 5.41) is 14.4. The lowest BCUT2D eigenvalue weighted by Crippen LogP contribution is -2.24. The Balaban J connectivity index is 3.46. The Morgan fingerprint density at radius 2 is 1.66 bits per heavy atom. The molecule has 1 aromatic rings. The number of carbonyl (C=O) groups excluding carboxylic acids is 2. The quantitative estimate of drug-likeness (QED) is 0.292. The van der Waals surface area contributed by atoms with Crippen LogP contribution in [0.3, 0.4) is 0 Å². The number of anilines is 2. The molecule has 0 heterocycles. The van der Waals surface area contributed by atoms with Crippen molar-refractivity contribution in [2.24, 2.45) is 28.3 Å². The van der Waals surface area contributed by atoms with Gasteiger partial charge in [0.05, 0.1) is 17.1 Å². The fraction of sp³-hybridized carbons (Fsp3) is 0.474. The van der Waals surface area contributed by atoms with Crippen LogP contribution < -0.4 is 26.8 Å². The number of rotatable bonds is 10. The summed E-state index contributed by atoms with van der Waals surface area (Å²) in [4.78, 5) is 39.6. The van der Waals surface area contributed by atoms with Gasteiger partial charge in [-0.05, 0) is 18.9 Å². The summed E-state index contributed by atoms with van der Waals surface area (Å²) in [5.41, 5.74) is 11.5. The van der Waals surface area contributed by atoms with Gasteiger partial charge in [-0.2, -0.15) is 0 Å². The van der Waals surface area contributed by atoms with Crippen LogP contribution in [-0.2, 0) is 14.4 Å². The first kappa shape index (κ1) is 23.7. The highest BCUT2D eigenvalue weighted by Gasteiger charge is 2.20. The van der Waals surface area contributed by atoms with Crippen LogP contribution in [0.1, 0.15) is 40.5 Å². The van der Waals surface area contributed by atoms with Gasteiger partial charge in [-0.15, -0.1) is 0 Å². The van der Waals surface area contributed by atoms with E-state index in [1.54, 1.807) is 13.8 Å². The summed E-state index contributed by atoms with van der Waals surface area (Å²) < 4.78 is 5.30. The fourth-order valence-corrected chi connectivity index (χ4v) is 2.43. The van der Waals surface area contributed by atoms with Crippen molar-refractivity contribution in [1.29, 1.82) is 0 Å². The van der Waals surface area contributed by atoms with Crippen LogP contribution >= 0.6 is 0 Å². The van der Waals surface area contributed by atoms with Crippen molar-refractivity contribution in [3.05, 3.63) is 12.1 Å². The van der Waals surface area contributed by atoms with E-state index in [-0.39, 0.29) is 52.4 Å². The smallest absolute Gasteiger partial charge is 0.341 e. The molecule has 0 unspecified atom stereocenters. The molecule has 0 aliphatic carbocycles. The van der Waals surface area contributed by atoms with Gasteiger partial charge in [-0.25, -0.2) is 9.79 Å². The number of carboxylic acids is 1. The molecular formula is C19H29N5O5. The molecule has 10 heteroatoms. The van der Waals surface area contributed by atoms with Gasteiger partial charge in [0, 0.05) is 17.9 Å². The SMILES string of the molecule is CCC(CC)C(=O)Nc1cc(NC(=O)C(C)C)c(N=C(N)N)cc1OCC(=O)O. The number of hydrogen-bond donors (Lipinski definition) is 5. The molecule has 10 nitrogen and oxygen atoms in total. The number of carbonyl (C=O) groups is 3. The number of amides is 2. The highest BCUT2D eigenvalue weighted by atomic mass is 16.5. The number of carboxylic acid groups (broad SMARTS) is 1. The molecular weight excluding hydrogens is 378 g/mol. The van der Waals surface area contributed by atoms with E-state index in [9.17, 15) is 14.4 Å². The Labute approximate surface area is 169 Å². The Bertz CT molecular complexity index is 783. The molecule has 0 spiro atoms. The van der Waals surface area contributed by atoms with Crippen LogP contribution in [-0.4, -0.2) is 35.5 Å². The highest BCUT2D eigenvalue weighted by Crippen LogP contribution is 2.37. The van der Waals surface area contributed by atoms with Crippen molar-refractivity contribution in [3.63, 3.8) is 0 Å². The van der Waals surface area contributed by atoms with Crippen molar-refractivity contribution in [2.45, 2.75) is 40.5 Å². The Morgan fingerprint density at radius 3 is 2.14 bits per heavy atom. The number of aliphatic carboxylic acids is 1. The zero-order valence-electron chi connectivity index (χ0n) is 17.1. The van der Waals surface area contributed by atoms with Gasteiger partial charge in [0.25, 0.3) is 0 Å². The molecule has 0 radical (unpaired) electrons. The van der Waals surface area contributed by atoms with E-state index in [2.05, 4.69) is 15.6 Å². The topological polar surface area (TPSA) is 169 Å². The third kappa shape index (κ3) is 7.32. The number of nitrogens with one attached hydrogen (secondary N) is 2. The maximum Gasteiger partial charge on any atom is 0.341 e. The van der Waals surface area contributed by atoms with Crippen LogP contribution in [0.25, 0.3) is 0 Å². The molecule has 0 aromatic heterocycles. The third-order valence-corrected chi connectivity index (χ3v) is 4.10. The van der Waals surface area contributed by atoms with Crippen molar-refractivity contribution in [2.75, 3.05) is 17.2 Å². The van der Waals surface area contributed by atoms with Crippen molar-refractivity contribution in [1.82, 2.24) is 0 Å². The molecule has 2 amide bonds. The second-order valence-electron chi connectivity index (χ2n) is 6.73. The second kappa shape index (κ2) is 10.9. The maximum atomic E-state index is 12.5. The summed E-state index contributed by atoms with van der Waals surface area (Å²) in [7, 11) is 0. The molecule has 29 heavy (non-hydrogen) atoms. The average Bonchev–Trinajstić information content (AvgIpc) is 2.62. The zero-order chi connectivity index (χ0) is 22.1. The van der Waals surface area contributed by atoms with Crippen LogP contribution in [0, 0.1) is 11.8 Å². The minimum Gasteiger partial charge on any atom is -0.480 e. The van der Waals surface area contributed by atoms with Crippen molar-refractivity contribution >= 4 is 40.8 Å². The lowest BCUT2D eigenvalue weighted by atomic mass is 10.0. The Morgan fingerprint density at radius 1 is 1.07 bits per heavy atom. The molecule has 0 aliphatic heterocycles. The number of aliphatic imine (C=N–C) groups is 1. The number of nitrogens with two attached hydrogens (primary N) is 2. The fourth-order valence-electron chi connectivity index (χ4n) is 2.43. The van der Waals surface area contributed by atoms with Crippen LogP contribution in [0.4, 0.5) is 17.1 Å². The molecule has 1 aromatic carbocycles. The van der Waals surface area contributed by atoms with E-state index in [0.717, 1.165) is 0 Å². The molecule has 160 valence electrons. The summed E-state index contributed by atoms with van der Waals surface area (Å²) in [6, 6.07) is 2.81. The van der Waals surface area contributed by atoms with Crippen molar-refractivity contribution in [3.8, 4) is 5.75 Å². The lowest BCUT2D eigenvalue weighted by Gasteiger charge is -2.19. The first-order valence-electron chi connectivity index (χ1n) is 9.32. The van der Waals surface area contributed by atoms with E-state index >= 15 is 0 Å². The van der Waals surface area contributed by atoms with Crippen molar-refractivity contribution < 1.29 is 24.2 Å². The van der Waals surface area contributed by atoms with E-state index in [0.29, 0.717) is 12.8 Å². The lowest BCUT2D eigenvalue weighted by molar-refractivity contribution is -0.139. The van der Waals surface area contributed by atoms with E-state index in [4.69, 9.17) is 21.3 Å². The first-order valence-corrected chi connectivity index (χ1v) is 9.32. The summed E-state index contributed by atoms with van der Waals surface area (Å²) in [6.07, 6.45) is 1.27. The number of nitrogens with zero attached hydrogens (tertiary/aromatic N) is 1. The second-order valence-corrected chi connectivity index (χ2v) is 6.73. The molecule has 0 fully saturated rings. The summed E-state index contributed by atoms with van der Waals surface area (Å²) in [6.45, 7) is 6.59. The minimum absolute atomic E-state index is 0.0641. The summed E-state index contributed by atoms with van der Waals surface area (Å²) in [5.74, 6) is -2.46. The molecule has 0 saturated carbocycles. The number of ether oxygens (including phenoxy) is 1. The van der Waals surface area contributed by atoms with E-state index in [1.807, 2.05) is 13.8 Å². The Hall–Kier alpha value is -3.30. The molecule has 0 atom stereocenters. The molecule has 0 bridgehead atoms. The van der Waals surface area contributed by atoms with Gasteiger partial charge in [-0.3, -0.25) is 9.59 Å². The first-order chi connectivity index (χ1) is 13.6. The number of hydrogen-bond acceptors (Lipinski definition) is 5. The molecule has 7 N–H and O–H groups in total. The van der Waals surface area contributed by atoms with Gasteiger partial charge < -0.3 is 31.9 Å². The molecule has 0 aliphatic rings. The normalized spacial score (nSPS) is 10.6. The van der Waals surface area contributed by atoms with Gasteiger partial charge in [0.15, 0.2) is 12.6 Å². The monoisotopic (exact) mass is 407 g/mol. The van der Waals surface area contributed by atoms with Gasteiger partial charge >= 0.3 is 5.97 Å². The van der Waals surface area contributed by atoms with Gasteiger partial charge in [0.2, 0.25) is 11.8 Å². The largest absolute Gasteiger partial charge is 0.480 e. The Kier molecular flexibility index (Phi) is 8.91. The van der Waals surface area contributed by atoms with E-state index < -0.39 is 12.6 Å². The summed E-state index contributed by atoms with van der Waals surface area (Å²) >= 11 is 0. The third-order valence-electron chi connectivity index (χ3n) is 4.10. The molecule has 0 saturated heterocycles. The van der Waals surface area contributed by atoms with Crippen LogP contribution in [0.5, 0.6) is 5.75 Å².